The molecule has 0 saturated heterocycles. The third-order valence-electron chi connectivity index (χ3n) is 2.97. The standard InChI is InChI=1S/C14H12BrN5OS/c15-9-1-3-10(4-2-9)17-7-11-8-20(19-18-11)12-5-6-22-13(12)14(16)21/h1-6,8,17H,7H2,(H2,16,21). The Labute approximate surface area is 139 Å². The van der Waals surface area contributed by atoms with E-state index in [2.05, 4.69) is 31.6 Å². The summed E-state index contributed by atoms with van der Waals surface area (Å²) in [7, 11) is 0. The van der Waals surface area contributed by atoms with E-state index >= 15 is 0 Å². The van der Waals surface area contributed by atoms with E-state index in [1.54, 1.807) is 22.3 Å². The van der Waals surface area contributed by atoms with Crippen LogP contribution >= 0.6 is 27.3 Å². The first kappa shape index (κ1) is 14.7. The Morgan fingerprint density at radius 2 is 2.09 bits per heavy atom. The van der Waals surface area contributed by atoms with E-state index in [0.29, 0.717) is 17.1 Å². The zero-order valence-electron chi connectivity index (χ0n) is 11.4. The highest BCUT2D eigenvalue weighted by Crippen LogP contribution is 2.20. The lowest BCUT2D eigenvalue weighted by Crippen LogP contribution is -2.12. The van der Waals surface area contributed by atoms with Crippen LogP contribution in [0.15, 0.2) is 46.4 Å². The first-order valence-corrected chi connectivity index (χ1v) is 8.09. The van der Waals surface area contributed by atoms with Gasteiger partial charge in [-0.1, -0.05) is 21.1 Å². The average molecular weight is 378 g/mol. The topological polar surface area (TPSA) is 85.8 Å². The first-order valence-electron chi connectivity index (χ1n) is 6.42. The Balaban J connectivity index is 1.72. The number of carbonyl (C=O) groups is 1. The van der Waals surface area contributed by atoms with Gasteiger partial charge in [-0.3, -0.25) is 4.79 Å². The molecule has 1 amide bonds. The number of hydrogen-bond donors (Lipinski definition) is 2. The molecule has 1 aromatic carbocycles. The molecular weight excluding hydrogens is 366 g/mol. The number of primary amides is 1. The average Bonchev–Trinajstić information content (AvgIpc) is 3.15. The number of hydrogen-bond acceptors (Lipinski definition) is 5. The van der Waals surface area contributed by atoms with Crippen molar-refractivity contribution in [3.8, 4) is 5.69 Å². The predicted octanol–water partition coefficient (Wildman–Crippen LogP) is 2.80. The van der Waals surface area contributed by atoms with E-state index in [4.69, 9.17) is 5.73 Å². The third-order valence-corrected chi connectivity index (χ3v) is 4.42. The van der Waals surface area contributed by atoms with Gasteiger partial charge in [-0.25, -0.2) is 4.68 Å². The number of aromatic nitrogens is 3. The minimum atomic E-state index is -0.463. The summed E-state index contributed by atoms with van der Waals surface area (Å²) in [6.45, 7) is 0.539. The number of carbonyl (C=O) groups excluding carboxylic acids is 1. The van der Waals surface area contributed by atoms with Gasteiger partial charge in [-0.05, 0) is 35.7 Å². The molecule has 0 fully saturated rings. The minimum absolute atomic E-state index is 0.463. The van der Waals surface area contributed by atoms with Crippen molar-refractivity contribution in [1.82, 2.24) is 15.0 Å². The van der Waals surface area contributed by atoms with E-state index in [0.717, 1.165) is 15.9 Å². The number of thiophene rings is 1. The van der Waals surface area contributed by atoms with Crippen LogP contribution in [0.4, 0.5) is 5.69 Å². The molecule has 0 bridgehead atoms. The molecule has 6 nitrogen and oxygen atoms in total. The highest BCUT2D eigenvalue weighted by molar-refractivity contribution is 9.10. The number of halogens is 1. The molecule has 0 aliphatic heterocycles. The molecule has 0 unspecified atom stereocenters. The van der Waals surface area contributed by atoms with Crippen LogP contribution in [-0.4, -0.2) is 20.9 Å². The predicted molar refractivity (Wildman–Crippen MR) is 89.2 cm³/mol. The maximum absolute atomic E-state index is 11.4. The number of amides is 1. The van der Waals surface area contributed by atoms with E-state index in [-0.39, 0.29) is 0 Å². The zero-order valence-corrected chi connectivity index (χ0v) is 13.8. The van der Waals surface area contributed by atoms with Gasteiger partial charge in [0.15, 0.2) is 0 Å². The highest BCUT2D eigenvalue weighted by Gasteiger charge is 2.13. The summed E-state index contributed by atoms with van der Waals surface area (Å²) >= 11 is 4.69. The van der Waals surface area contributed by atoms with Crippen molar-refractivity contribution in [2.24, 2.45) is 5.73 Å². The largest absolute Gasteiger partial charge is 0.379 e. The van der Waals surface area contributed by atoms with E-state index in [1.165, 1.54) is 11.3 Å². The SMILES string of the molecule is NC(=O)c1sccc1-n1cc(CNc2ccc(Br)cc2)nn1. The van der Waals surface area contributed by atoms with Crippen LogP contribution in [0.1, 0.15) is 15.4 Å². The van der Waals surface area contributed by atoms with Gasteiger partial charge in [-0.15, -0.1) is 16.4 Å². The lowest BCUT2D eigenvalue weighted by Gasteiger charge is -2.03. The number of nitrogens with two attached hydrogens (primary N) is 1. The van der Waals surface area contributed by atoms with Gasteiger partial charge in [0, 0.05) is 10.2 Å². The fraction of sp³-hybridized carbons (Fsp3) is 0.0714. The smallest absolute Gasteiger partial charge is 0.260 e. The van der Waals surface area contributed by atoms with E-state index in [9.17, 15) is 4.79 Å². The first-order chi connectivity index (χ1) is 10.6. The van der Waals surface area contributed by atoms with Gasteiger partial charge in [0.25, 0.3) is 5.91 Å². The normalized spacial score (nSPS) is 10.6. The molecule has 3 N–H and O–H groups in total. The quantitative estimate of drug-likeness (QED) is 0.715. The fourth-order valence-electron chi connectivity index (χ4n) is 1.92. The monoisotopic (exact) mass is 377 g/mol. The Morgan fingerprint density at radius 1 is 1.32 bits per heavy atom. The van der Waals surface area contributed by atoms with Crippen molar-refractivity contribution in [3.05, 3.63) is 57.0 Å². The summed E-state index contributed by atoms with van der Waals surface area (Å²) < 4.78 is 2.59. The van der Waals surface area contributed by atoms with Crippen LogP contribution in [0.25, 0.3) is 5.69 Å². The summed E-state index contributed by atoms with van der Waals surface area (Å²) in [4.78, 5) is 11.8. The van der Waals surface area contributed by atoms with Crippen LogP contribution in [0.2, 0.25) is 0 Å². The maximum atomic E-state index is 11.4. The van der Waals surface area contributed by atoms with E-state index < -0.39 is 5.91 Å². The summed E-state index contributed by atoms with van der Waals surface area (Å²) in [5.74, 6) is -0.463. The Kier molecular flexibility index (Phi) is 4.21. The van der Waals surface area contributed by atoms with Crippen LogP contribution in [0.5, 0.6) is 0 Å². The Bertz CT molecular complexity index is 796. The van der Waals surface area contributed by atoms with Gasteiger partial charge in [0.05, 0.1) is 18.4 Å². The fourth-order valence-corrected chi connectivity index (χ4v) is 2.92. The molecule has 8 heteroatoms. The second-order valence-corrected chi connectivity index (χ2v) is 6.35. The lowest BCUT2D eigenvalue weighted by atomic mass is 10.3. The minimum Gasteiger partial charge on any atom is -0.379 e. The molecule has 3 rings (SSSR count). The third kappa shape index (κ3) is 3.18. The number of nitrogens with one attached hydrogen (secondary N) is 1. The summed E-state index contributed by atoms with van der Waals surface area (Å²) in [6, 6.07) is 9.66. The second kappa shape index (κ2) is 6.29. The maximum Gasteiger partial charge on any atom is 0.260 e. The van der Waals surface area contributed by atoms with Crippen molar-refractivity contribution in [1.29, 1.82) is 0 Å². The molecule has 0 saturated carbocycles. The van der Waals surface area contributed by atoms with Crippen LogP contribution in [0.3, 0.4) is 0 Å². The number of rotatable bonds is 5. The molecule has 0 radical (unpaired) electrons. The van der Waals surface area contributed by atoms with Gasteiger partial charge < -0.3 is 11.1 Å². The van der Waals surface area contributed by atoms with Crippen LogP contribution in [0, 0.1) is 0 Å². The Morgan fingerprint density at radius 3 is 2.82 bits per heavy atom. The molecule has 0 atom stereocenters. The van der Waals surface area contributed by atoms with Gasteiger partial charge in [0.2, 0.25) is 0 Å². The second-order valence-electron chi connectivity index (χ2n) is 4.51. The van der Waals surface area contributed by atoms with Crippen LogP contribution < -0.4 is 11.1 Å². The molecule has 0 aliphatic rings. The molecular formula is C14H12BrN5OS. The summed E-state index contributed by atoms with van der Waals surface area (Å²) in [5.41, 5.74) is 7.76. The van der Waals surface area contributed by atoms with E-state index in [1.807, 2.05) is 24.3 Å². The number of anilines is 1. The van der Waals surface area contributed by atoms with Crippen LogP contribution in [-0.2, 0) is 6.54 Å². The van der Waals surface area contributed by atoms with Crippen molar-refractivity contribution >= 4 is 38.9 Å². The summed E-state index contributed by atoms with van der Waals surface area (Å²) in [5, 5.41) is 13.2. The van der Waals surface area contributed by atoms with Crippen molar-refractivity contribution in [2.45, 2.75) is 6.54 Å². The van der Waals surface area contributed by atoms with Crippen molar-refractivity contribution in [3.63, 3.8) is 0 Å². The van der Waals surface area contributed by atoms with Crippen molar-refractivity contribution in [2.75, 3.05) is 5.32 Å². The summed E-state index contributed by atoms with van der Waals surface area (Å²) in [6.07, 6.45) is 1.78. The molecule has 2 heterocycles. The Hall–Kier alpha value is -2.19. The molecule has 3 aromatic rings. The van der Waals surface area contributed by atoms with Gasteiger partial charge >= 0.3 is 0 Å². The molecule has 0 aliphatic carbocycles. The zero-order chi connectivity index (χ0) is 15.5. The number of nitrogens with zero attached hydrogens (tertiary/aromatic N) is 3. The molecule has 0 spiro atoms. The molecule has 22 heavy (non-hydrogen) atoms. The lowest BCUT2D eigenvalue weighted by molar-refractivity contribution is 0.100. The molecule has 112 valence electrons. The highest BCUT2D eigenvalue weighted by atomic mass is 79.9. The molecule has 2 aromatic heterocycles. The van der Waals surface area contributed by atoms with Crippen molar-refractivity contribution < 1.29 is 4.79 Å². The number of benzene rings is 1. The van der Waals surface area contributed by atoms with Gasteiger partial charge in [-0.2, -0.15) is 0 Å². The van der Waals surface area contributed by atoms with Gasteiger partial charge in [0.1, 0.15) is 10.6 Å².